The molecule has 5 rings (SSSR count). The molecule has 0 N–H and O–H groups in total. The summed E-state index contributed by atoms with van der Waals surface area (Å²) >= 11 is 6.06. The Balaban J connectivity index is 1.40. The summed E-state index contributed by atoms with van der Waals surface area (Å²) in [5, 5.41) is 0.407. The third-order valence-electron chi connectivity index (χ3n) is 8.35. The molecule has 0 bridgehead atoms. The largest absolute Gasteiger partial charge is 0.444 e. The van der Waals surface area contributed by atoms with Crippen molar-refractivity contribution in [2.45, 2.75) is 94.0 Å². The number of benzene rings is 2. The van der Waals surface area contributed by atoms with E-state index in [4.69, 9.17) is 21.1 Å². The Morgan fingerprint density at radius 1 is 1.02 bits per heavy atom. The topological polar surface area (TPSA) is 96.5 Å². The Morgan fingerprint density at radius 3 is 2.33 bits per heavy atom. The van der Waals surface area contributed by atoms with Crippen LogP contribution < -0.4 is 0 Å². The minimum atomic E-state index is -4.10. The number of piperazine rings is 1. The second-order valence-corrected chi connectivity index (χ2v) is 15.0. The van der Waals surface area contributed by atoms with Crippen molar-refractivity contribution in [1.82, 2.24) is 14.1 Å². The van der Waals surface area contributed by atoms with E-state index in [1.54, 1.807) is 42.7 Å². The summed E-state index contributed by atoms with van der Waals surface area (Å²) in [4.78, 5) is 29.4. The Hall–Kier alpha value is -2.89. The van der Waals surface area contributed by atoms with Gasteiger partial charge in [0.1, 0.15) is 17.0 Å². The predicted octanol–water partition coefficient (Wildman–Crippen LogP) is 6.37. The number of amides is 2. The number of ether oxygens (including phenoxy) is 2. The van der Waals surface area contributed by atoms with Gasteiger partial charge >= 0.3 is 12.2 Å². The number of hydrogen-bond donors (Lipinski definition) is 0. The Morgan fingerprint density at radius 2 is 1.72 bits per heavy atom. The van der Waals surface area contributed by atoms with E-state index in [1.807, 2.05) is 6.92 Å². The molecule has 2 unspecified atom stereocenters. The lowest BCUT2D eigenvalue weighted by molar-refractivity contribution is -0.0266. The van der Waals surface area contributed by atoms with Crippen LogP contribution in [-0.2, 0) is 19.5 Å². The summed E-state index contributed by atoms with van der Waals surface area (Å²) in [7, 11) is -4.10. The SMILES string of the molecule is C[C@H]1CN(C(=O)OC(C)(C)C)CCN1C(=O)OC1(C2CCCC(c3cccc(F)c3)N2S(=O)(=O)c2ccc(Cl)cc2)CC1. The van der Waals surface area contributed by atoms with Gasteiger partial charge in [-0.25, -0.2) is 22.4 Å². The lowest BCUT2D eigenvalue weighted by atomic mass is 9.90. The average Bonchev–Trinajstić information content (AvgIpc) is 3.72. The lowest BCUT2D eigenvalue weighted by Gasteiger charge is -2.45. The number of nitrogens with zero attached hydrogens (tertiary/aromatic N) is 3. The van der Waals surface area contributed by atoms with Crippen LogP contribution in [0.3, 0.4) is 0 Å². The van der Waals surface area contributed by atoms with Crippen LogP contribution in [0.5, 0.6) is 0 Å². The molecule has 2 saturated heterocycles. The second-order valence-electron chi connectivity index (χ2n) is 12.7. The van der Waals surface area contributed by atoms with Crippen LogP contribution in [0.25, 0.3) is 0 Å². The standard InChI is InChI=1S/C31H39ClFN3O6S/c1-21-20-34(28(37)41-30(2,3)4)17-18-35(21)29(38)42-31(15-16-31)27-10-6-9-26(22-7-5-8-24(33)19-22)36(27)43(39,40)25-13-11-23(32)12-14-25/h5,7-8,11-14,19,21,26-27H,6,9-10,15-18,20H2,1-4H3/t21-,26?,27?/m0/s1. The molecule has 2 aromatic carbocycles. The molecule has 234 valence electrons. The van der Waals surface area contributed by atoms with E-state index in [0.29, 0.717) is 55.8 Å². The lowest BCUT2D eigenvalue weighted by Crippen LogP contribution is -2.58. The first-order valence-corrected chi connectivity index (χ1v) is 16.5. The molecule has 12 heteroatoms. The Bertz CT molecular complexity index is 1460. The van der Waals surface area contributed by atoms with E-state index in [0.717, 1.165) is 0 Å². The number of sulfonamides is 1. The van der Waals surface area contributed by atoms with Gasteiger partial charge in [0, 0.05) is 24.7 Å². The normalized spacial score (nSPS) is 24.4. The fourth-order valence-corrected chi connectivity index (χ4v) is 8.19. The van der Waals surface area contributed by atoms with Crippen LogP contribution in [0, 0.1) is 5.82 Å². The highest BCUT2D eigenvalue weighted by atomic mass is 35.5. The molecule has 0 spiro atoms. The Labute approximate surface area is 257 Å². The van der Waals surface area contributed by atoms with E-state index in [9.17, 15) is 22.4 Å². The molecule has 3 fully saturated rings. The number of rotatable bonds is 5. The first-order valence-electron chi connectivity index (χ1n) is 14.7. The van der Waals surface area contributed by atoms with E-state index >= 15 is 0 Å². The van der Waals surface area contributed by atoms with E-state index in [-0.39, 0.29) is 17.5 Å². The highest BCUT2D eigenvalue weighted by Gasteiger charge is 2.60. The van der Waals surface area contributed by atoms with Crippen LogP contribution in [0.4, 0.5) is 14.0 Å². The number of piperidine rings is 1. The molecule has 1 aliphatic carbocycles. The van der Waals surface area contributed by atoms with Crippen LogP contribution in [0.1, 0.15) is 71.4 Å². The maximum absolute atomic E-state index is 14.3. The highest BCUT2D eigenvalue weighted by Crippen LogP contribution is 2.52. The molecule has 1 saturated carbocycles. The summed E-state index contributed by atoms with van der Waals surface area (Å²) in [5.41, 5.74) is -1.09. The van der Waals surface area contributed by atoms with Gasteiger partial charge in [0.15, 0.2) is 0 Å². The molecule has 3 aliphatic rings. The minimum Gasteiger partial charge on any atom is -0.444 e. The zero-order valence-corrected chi connectivity index (χ0v) is 26.5. The van der Waals surface area contributed by atoms with Gasteiger partial charge in [-0.05, 0) is 102 Å². The Kier molecular flexibility index (Phi) is 8.72. The van der Waals surface area contributed by atoms with E-state index in [2.05, 4.69) is 0 Å². The van der Waals surface area contributed by atoms with Gasteiger partial charge in [-0.3, -0.25) is 0 Å². The first-order chi connectivity index (χ1) is 20.2. The smallest absolute Gasteiger partial charge is 0.410 e. The average molecular weight is 636 g/mol. The van der Waals surface area contributed by atoms with Gasteiger partial charge in [0.05, 0.1) is 23.0 Å². The number of hydrogen-bond acceptors (Lipinski definition) is 6. The third kappa shape index (κ3) is 6.78. The summed E-state index contributed by atoms with van der Waals surface area (Å²) < 4.78 is 56.0. The van der Waals surface area contributed by atoms with Gasteiger partial charge in [0.2, 0.25) is 10.0 Å². The molecule has 2 amide bonds. The predicted molar refractivity (Wildman–Crippen MR) is 160 cm³/mol. The molecular formula is C31H39ClFN3O6S. The maximum atomic E-state index is 14.3. The zero-order valence-electron chi connectivity index (χ0n) is 25.0. The number of halogens is 2. The minimum absolute atomic E-state index is 0.0687. The molecule has 3 atom stereocenters. The summed E-state index contributed by atoms with van der Waals surface area (Å²) in [6.07, 6.45) is 1.73. The van der Waals surface area contributed by atoms with Crippen molar-refractivity contribution in [1.29, 1.82) is 0 Å². The van der Waals surface area contributed by atoms with Crippen molar-refractivity contribution in [2.24, 2.45) is 0 Å². The third-order valence-corrected chi connectivity index (χ3v) is 10.5. The van der Waals surface area contributed by atoms with Crippen molar-refractivity contribution in [3.63, 3.8) is 0 Å². The molecule has 0 aromatic heterocycles. The molecule has 0 radical (unpaired) electrons. The highest BCUT2D eigenvalue weighted by molar-refractivity contribution is 7.89. The van der Waals surface area contributed by atoms with Gasteiger partial charge < -0.3 is 19.3 Å². The number of carbonyl (C=O) groups excluding carboxylic acids is 2. The van der Waals surface area contributed by atoms with Crippen molar-refractivity contribution < 1.29 is 31.9 Å². The van der Waals surface area contributed by atoms with Gasteiger partial charge in [0.25, 0.3) is 0 Å². The van der Waals surface area contributed by atoms with Crippen molar-refractivity contribution in [2.75, 3.05) is 19.6 Å². The van der Waals surface area contributed by atoms with Crippen molar-refractivity contribution >= 4 is 33.8 Å². The van der Waals surface area contributed by atoms with Crippen LogP contribution in [0.15, 0.2) is 53.4 Å². The van der Waals surface area contributed by atoms with Crippen molar-refractivity contribution in [3.05, 3.63) is 64.9 Å². The second kappa shape index (κ2) is 11.9. The molecule has 2 aliphatic heterocycles. The molecular weight excluding hydrogens is 597 g/mol. The van der Waals surface area contributed by atoms with Gasteiger partial charge in [-0.1, -0.05) is 23.7 Å². The van der Waals surface area contributed by atoms with Crippen molar-refractivity contribution in [3.8, 4) is 0 Å². The summed E-state index contributed by atoms with van der Waals surface area (Å²) in [5.74, 6) is -0.449. The van der Waals surface area contributed by atoms with E-state index < -0.39 is 51.3 Å². The fraction of sp³-hybridized carbons (Fsp3) is 0.548. The van der Waals surface area contributed by atoms with E-state index in [1.165, 1.54) is 40.7 Å². The molecule has 2 heterocycles. The quantitative estimate of drug-likeness (QED) is 0.379. The fourth-order valence-electron chi connectivity index (χ4n) is 6.14. The molecule has 9 nitrogen and oxygen atoms in total. The molecule has 43 heavy (non-hydrogen) atoms. The first kappa shape index (κ1) is 31.5. The monoisotopic (exact) mass is 635 g/mol. The summed E-state index contributed by atoms with van der Waals surface area (Å²) in [6.45, 7) is 8.10. The van der Waals surface area contributed by atoms with Crippen LogP contribution in [0.2, 0.25) is 5.02 Å². The van der Waals surface area contributed by atoms with Gasteiger partial charge in [-0.15, -0.1) is 0 Å². The van der Waals surface area contributed by atoms with Crippen LogP contribution >= 0.6 is 11.6 Å². The zero-order chi connectivity index (χ0) is 31.2. The molecule has 2 aromatic rings. The van der Waals surface area contributed by atoms with Gasteiger partial charge in [-0.2, -0.15) is 4.31 Å². The van der Waals surface area contributed by atoms with Crippen LogP contribution in [-0.4, -0.2) is 77.6 Å². The summed E-state index contributed by atoms with van der Waals surface area (Å²) in [6, 6.07) is 10.4. The number of carbonyl (C=O) groups is 2. The maximum Gasteiger partial charge on any atom is 0.410 e.